The monoisotopic (exact) mass is 364 g/mol. The van der Waals surface area contributed by atoms with Gasteiger partial charge in [0.15, 0.2) is 0 Å². The van der Waals surface area contributed by atoms with Gasteiger partial charge in [-0.3, -0.25) is 4.79 Å². The third-order valence-corrected chi connectivity index (χ3v) is 4.84. The van der Waals surface area contributed by atoms with E-state index in [4.69, 9.17) is 5.11 Å². The number of aliphatic carboxylic acids is 1. The molecule has 0 atom stereocenters. The molecule has 0 saturated carbocycles. The molecule has 2 heteroatoms. The lowest BCUT2D eigenvalue weighted by Crippen LogP contribution is -1.93. The van der Waals surface area contributed by atoms with E-state index >= 15 is 0 Å². The lowest BCUT2D eigenvalue weighted by atomic mass is 10.1. The SMILES string of the molecule is CCCCCCCCCCC=CCC=CCCCCCCCCC(=O)O. The summed E-state index contributed by atoms with van der Waals surface area (Å²) < 4.78 is 0. The maximum absolute atomic E-state index is 10.4. The second-order valence-corrected chi connectivity index (χ2v) is 7.50. The molecule has 0 rings (SSSR count). The largest absolute Gasteiger partial charge is 0.481 e. The Kier molecular flexibility index (Phi) is 21.1. The Morgan fingerprint density at radius 1 is 0.615 bits per heavy atom. The van der Waals surface area contributed by atoms with Crippen LogP contribution in [0.5, 0.6) is 0 Å². The predicted octanol–water partition coefficient (Wildman–Crippen LogP) is 8.23. The van der Waals surface area contributed by atoms with Crippen molar-refractivity contribution in [2.24, 2.45) is 0 Å². The molecule has 0 spiro atoms. The number of rotatable bonds is 20. The van der Waals surface area contributed by atoms with Gasteiger partial charge >= 0.3 is 5.97 Å². The third-order valence-electron chi connectivity index (χ3n) is 4.84. The molecule has 0 amide bonds. The molecule has 26 heavy (non-hydrogen) atoms. The van der Waals surface area contributed by atoms with Crippen LogP contribution in [0.25, 0.3) is 0 Å². The van der Waals surface area contributed by atoms with Gasteiger partial charge in [0.1, 0.15) is 0 Å². The van der Waals surface area contributed by atoms with Crippen LogP contribution in [-0.4, -0.2) is 11.1 Å². The van der Waals surface area contributed by atoms with Gasteiger partial charge < -0.3 is 5.11 Å². The van der Waals surface area contributed by atoms with Gasteiger partial charge in [-0.2, -0.15) is 0 Å². The Morgan fingerprint density at radius 3 is 1.50 bits per heavy atom. The first kappa shape index (κ1) is 24.9. The molecular weight excluding hydrogens is 320 g/mol. The minimum Gasteiger partial charge on any atom is -0.481 e. The highest BCUT2D eigenvalue weighted by molar-refractivity contribution is 5.66. The Bertz CT molecular complexity index is 344. The van der Waals surface area contributed by atoms with E-state index in [1.54, 1.807) is 0 Å². The molecule has 152 valence electrons. The van der Waals surface area contributed by atoms with Gasteiger partial charge in [0.2, 0.25) is 0 Å². The number of hydrogen-bond acceptors (Lipinski definition) is 1. The van der Waals surface area contributed by atoms with E-state index in [2.05, 4.69) is 31.2 Å². The second-order valence-electron chi connectivity index (χ2n) is 7.50. The quantitative estimate of drug-likeness (QED) is 0.174. The fraction of sp³-hybridized carbons (Fsp3) is 0.792. The highest BCUT2D eigenvalue weighted by atomic mass is 16.4. The van der Waals surface area contributed by atoms with Crippen molar-refractivity contribution < 1.29 is 9.90 Å². The first-order valence-electron chi connectivity index (χ1n) is 11.3. The number of unbranched alkanes of at least 4 members (excludes halogenated alkanes) is 14. The number of carboxylic acid groups (broad SMARTS) is 1. The minimum atomic E-state index is -0.665. The van der Waals surface area contributed by atoms with E-state index in [1.165, 1.54) is 89.9 Å². The summed E-state index contributed by atoms with van der Waals surface area (Å²) in [6, 6.07) is 0. The van der Waals surface area contributed by atoms with Crippen molar-refractivity contribution in [3.8, 4) is 0 Å². The molecule has 0 aliphatic carbocycles. The van der Waals surface area contributed by atoms with Crippen LogP contribution in [0.2, 0.25) is 0 Å². The summed E-state index contributed by atoms with van der Waals surface area (Å²) in [7, 11) is 0. The van der Waals surface area contributed by atoms with Crippen LogP contribution in [0.3, 0.4) is 0 Å². The lowest BCUT2D eigenvalue weighted by molar-refractivity contribution is -0.137. The Labute approximate surface area is 163 Å². The molecule has 0 aromatic carbocycles. The van der Waals surface area contributed by atoms with Crippen molar-refractivity contribution >= 4 is 5.97 Å². The van der Waals surface area contributed by atoms with Gasteiger partial charge in [-0.1, -0.05) is 102 Å². The van der Waals surface area contributed by atoms with Gasteiger partial charge in [-0.15, -0.1) is 0 Å². The average Bonchev–Trinajstić information content (AvgIpc) is 2.62. The summed E-state index contributed by atoms with van der Waals surface area (Å²) in [5.41, 5.74) is 0. The van der Waals surface area contributed by atoms with E-state index in [-0.39, 0.29) is 0 Å². The summed E-state index contributed by atoms with van der Waals surface area (Å²) >= 11 is 0. The zero-order valence-corrected chi connectivity index (χ0v) is 17.4. The zero-order valence-electron chi connectivity index (χ0n) is 17.4. The van der Waals surface area contributed by atoms with Crippen LogP contribution < -0.4 is 0 Å². The Morgan fingerprint density at radius 2 is 1.04 bits per heavy atom. The molecule has 0 aliphatic heterocycles. The van der Waals surface area contributed by atoms with E-state index in [1.807, 2.05) is 0 Å². The van der Waals surface area contributed by atoms with Crippen LogP contribution >= 0.6 is 0 Å². The maximum Gasteiger partial charge on any atom is 0.303 e. The number of hydrogen-bond donors (Lipinski definition) is 1. The van der Waals surface area contributed by atoms with E-state index in [9.17, 15) is 4.79 Å². The smallest absolute Gasteiger partial charge is 0.303 e. The summed E-state index contributed by atoms with van der Waals surface area (Å²) in [6.07, 6.45) is 31.1. The lowest BCUT2D eigenvalue weighted by Gasteiger charge is -1.99. The number of carbonyl (C=O) groups is 1. The Hall–Kier alpha value is -1.05. The van der Waals surface area contributed by atoms with Crippen LogP contribution in [0.1, 0.15) is 122 Å². The molecule has 2 nitrogen and oxygen atoms in total. The summed E-state index contributed by atoms with van der Waals surface area (Å²) in [5, 5.41) is 8.56. The first-order valence-corrected chi connectivity index (χ1v) is 11.3. The van der Waals surface area contributed by atoms with Crippen molar-refractivity contribution in [1.29, 1.82) is 0 Å². The average molecular weight is 365 g/mol. The molecule has 0 aromatic rings. The summed E-state index contributed by atoms with van der Waals surface area (Å²) in [4.78, 5) is 10.4. The predicted molar refractivity (Wildman–Crippen MR) is 115 cm³/mol. The fourth-order valence-electron chi connectivity index (χ4n) is 3.15. The third kappa shape index (κ3) is 22.9. The first-order chi connectivity index (χ1) is 12.8. The molecule has 1 N–H and O–H groups in total. The zero-order chi connectivity index (χ0) is 19.1. The number of allylic oxidation sites excluding steroid dienone is 4. The van der Waals surface area contributed by atoms with Crippen LogP contribution in [0, 0.1) is 0 Å². The Balaban J connectivity index is 3.18. The van der Waals surface area contributed by atoms with Crippen molar-refractivity contribution in [3.05, 3.63) is 24.3 Å². The molecular formula is C24H44O2. The van der Waals surface area contributed by atoms with Gasteiger partial charge in [-0.25, -0.2) is 0 Å². The minimum absolute atomic E-state index is 0.329. The highest BCUT2D eigenvalue weighted by Gasteiger charge is 1.96. The standard InChI is InChI=1S/C24H44O2/c1-2-3-4-5-6-7-8-9-10-11-12-13-14-15-16-17-18-19-20-21-22-23-24(25)26/h11-12,14-15H,2-10,13,16-23H2,1H3,(H,25,26). The van der Waals surface area contributed by atoms with E-state index < -0.39 is 5.97 Å². The second kappa shape index (κ2) is 22.0. The van der Waals surface area contributed by atoms with Gasteiger partial charge in [-0.05, 0) is 38.5 Å². The number of carboxylic acids is 1. The van der Waals surface area contributed by atoms with Crippen LogP contribution in [0.15, 0.2) is 24.3 Å². The maximum atomic E-state index is 10.4. The summed E-state index contributed by atoms with van der Waals surface area (Å²) in [5.74, 6) is -0.665. The molecule has 0 unspecified atom stereocenters. The van der Waals surface area contributed by atoms with E-state index in [0.717, 1.165) is 19.3 Å². The van der Waals surface area contributed by atoms with Crippen LogP contribution in [-0.2, 0) is 4.79 Å². The fourth-order valence-corrected chi connectivity index (χ4v) is 3.15. The van der Waals surface area contributed by atoms with Gasteiger partial charge in [0, 0.05) is 6.42 Å². The van der Waals surface area contributed by atoms with Crippen molar-refractivity contribution in [3.63, 3.8) is 0 Å². The van der Waals surface area contributed by atoms with Crippen molar-refractivity contribution in [2.75, 3.05) is 0 Å². The molecule has 0 radical (unpaired) electrons. The normalized spacial score (nSPS) is 11.7. The molecule has 0 fully saturated rings. The molecule has 0 heterocycles. The van der Waals surface area contributed by atoms with Crippen molar-refractivity contribution in [2.45, 2.75) is 122 Å². The van der Waals surface area contributed by atoms with Gasteiger partial charge in [0.25, 0.3) is 0 Å². The van der Waals surface area contributed by atoms with E-state index in [0.29, 0.717) is 6.42 Å². The highest BCUT2D eigenvalue weighted by Crippen LogP contribution is 2.10. The molecule has 0 bridgehead atoms. The molecule has 0 saturated heterocycles. The van der Waals surface area contributed by atoms with Crippen LogP contribution in [0.4, 0.5) is 0 Å². The summed E-state index contributed by atoms with van der Waals surface area (Å²) in [6.45, 7) is 2.27. The molecule has 0 aliphatic rings. The van der Waals surface area contributed by atoms with Crippen molar-refractivity contribution in [1.82, 2.24) is 0 Å². The van der Waals surface area contributed by atoms with Gasteiger partial charge in [0.05, 0.1) is 0 Å². The topological polar surface area (TPSA) is 37.3 Å². The molecule has 0 aromatic heterocycles.